The maximum atomic E-state index is 8.81. The number of phenols is 3. The smallest absolute Gasteiger partial charge is 0.182 e. The van der Waals surface area contributed by atoms with Crippen LogP contribution in [0.1, 0.15) is 0 Å². The van der Waals surface area contributed by atoms with Crippen LogP contribution in [0.2, 0.25) is 0 Å². The topological polar surface area (TPSA) is 94.8 Å². The summed E-state index contributed by atoms with van der Waals surface area (Å²) in [6, 6.07) is 3.42. The summed E-state index contributed by atoms with van der Waals surface area (Å²) in [5.74, 6) is -0.437. The summed E-state index contributed by atoms with van der Waals surface area (Å²) in [5, 5.41) is 26.0. The summed E-state index contributed by atoms with van der Waals surface area (Å²) in [6.07, 6.45) is 0.389. The molecular weight excluding hydrogens is 176 g/mol. The Balaban J connectivity index is 0.000000310. The lowest BCUT2D eigenvalue weighted by molar-refractivity contribution is -0.122. The molecule has 0 aliphatic heterocycles. The van der Waals surface area contributed by atoms with Gasteiger partial charge in [0.05, 0.1) is 0 Å². The van der Waals surface area contributed by atoms with Gasteiger partial charge in [-0.3, -0.25) is 9.59 Å². The average Bonchev–Trinajstić information content (AvgIpc) is 2.02. The largest absolute Gasteiger partial charge is 0.508 e. The van der Waals surface area contributed by atoms with Crippen LogP contribution in [0.4, 0.5) is 0 Å². The fraction of sp³-hybridized carbons (Fsp3) is 0. The van der Waals surface area contributed by atoms with Crippen LogP contribution in [-0.4, -0.2) is 27.9 Å². The summed E-state index contributed by atoms with van der Waals surface area (Å²) >= 11 is 0. The lowest BCUT2D eigenvalue weighted by atomic mass is 10.3. The zero-order valence-electron chi connectivity index (χ0n) is 6.54. The zero-order valence-corrected chi connectivity index (χ0v) is 6.54. The molecule has 0 atom stereocenters. The van der Waals surface area contributed by atoms with Gasteiger partial charge in [-0.05, 0) is 0 Å². The number of phenolic OH excluding ortho intramolecular Hbond substituents is 3. The molecular formula is C8H8O5. The zero-order chi connectivity index (χ0) is 10.3. The van der Waals surface area contributed by atoms with Crippen LogP contribution in [0.25, 0.3) is 0 Å². The highest BCUT2D eigenvalue weighted by molar-refractivity contribution is 6.09. The molecule has 1 aromatic carbocycles. The minimum atomic E-state index is -0.146. The van der Waals surface area contributed by atoms with E-state index in [0.717, 1.165) is 18.2 Å². The highest BCUT2D eigenvalue weighted by Crippen LogP contribution is 2.23. The molecule has 5 heteroatoms. The molecule has 0 saturated carbocycles. The molecule has 0 aliphatic rings. The third-order valence-electron chi connectivity index (χ3n) is 0.943. The third-order valence-corrected chi connectivity index (χ3v) is 0.943. The minimum Gasteiger partial charge on any atom is -0.508 e. The highest BCUT2D eigenvalue weighted by Gasteiger charge is 1.94. The molecule has 13 heavy (non-hydrogen) atoms. The predicted octanol–water partition coefficient (Wildman–Crippen LogP) is 0.188. The van der Waals surface area contributed by atoms with Gasteiger partial charge in [0.15, 0.2) is 12.6 Å². The van der Waals surface area contributed by atoms with Crippen LogP contribution in [0.15, 0.2) is 18.2 Å². The van der Waals surface area contributed by atoms with Gasteiger partial charge in [0.25, 0.3) is 0 Å². The number of aldehydes is 2. The van der Waals surface area contributed by atoms with Crippen molar-refractivity contribution >= 4 is 12.6 Å². The van der Waals surface area contributed by atoms with Crippen LogP contribution in [0, 0.1) is 0 Å². The number of carbonyl (C=O) groups excluding carboxylic acids is 2. The van der Waals surface area contributed by atoms with Crippen molar-refractivity contribution in [3.05, 3.63) is 18.2 Å². The number of carbonyl (C=O) groups is 2. The standard InChI is InChI=1S/C6H6O3.C2H2O2/c7-4-1-5(8)3-6(9)2-4;3-1-2-4/h1-3,7-9H;1-2H. The minimum absolute atomic E-state index is 0.146. The van der Waals surface area contributed by atoms with E-state index in [1.54, 1.807) is 0 Å². The molecule has 0 radical (unpaired) electrons. The third kappa shape index (κ3) is 5.25. The normalized spacial score (nSPS) is 8.00. The average molecular weight is 184 g/mol. The Kier molecular flexibility index (Phi) is 4.71. The van der Waals surface area contributed by atoms with E-state index < -0.39 is 0 Å². The maximum Gasteiger partial charge on any atom is 0.182 e. The number of rotatable bonds is 1. The molecule has 0 bridgehead atoms. The summed E-state index contributed by atoms with van der Waals surface area (Å²) in [6.45, 7) is 0. The first kappa shape index (κ1) is 11.0. The number of aromatic hydroxyl groups is 3. The van der Waals surface area contributed by atoms with Crippen molar-refractivity contribution in [3.63, 3.8) is 0 Å². The van der Waals surface area contributed by atoms with E-state index in [0.29, 0.717) is 0 Å². The van der Waals surface area contributed by atoms with Gasteiger partial charge in [-0.2, -0.15) is 0 Å². The van der Waals surface area contributed by atoms with Gasteiger partial charge in [-0.15, -0.1) is 0 Å². The molecule has 0 aliphatic carbocycles. The lowest BCUT2D eigenvalue weighted by Crippen LogP contribution is -1.66. The van der Waals surface area contributed by atoms with Gasteiger partial charge in [-0.25, -0.2) is 0 Å². The van der Waals surface area contributed by atoms with Crippen LogP contribution in [0.3, 0.4) is 0 Å². The van der Waals surface area contributed by atoms with E-state index in [2.05, 4.69) is 0 Å². The first-order chi connectivity index (χ1) is 6.10. The molecule has 5 nitrogen and oxygen atoms in total. The molecule has 0 amide bonds. The SMILES string of the molecule is O=CC=O.Oc1cc(O)cc(O)c1. The van der Waals surface area contributed by atoms with Gasteiger partial charge < -0.3 is 15.3 Å². The molecule has 0 spiro atoms. The van der Waals surface area contributed by atoms with Gasteiger partial charge >= 0.3 is 0 Å². The van der Waals surface area contributed by atoms with Crippen LogP contribution >= 0.6 is 0 Å². The first-order valence-electron chi connectivity index (χ1n) is 3.21. The van der Waals surface area contributed by atoms with Crippen molar-refractivity contribution in [1.29, 1.82) is 0 Å². The Morgan fingerprint density at radius 2 is 1.00 bits per heavy atom. The molecule has 3 N–H and O–H groups in total. The second-order valence-electron chi connectivity index (χ2n) is 1.98. The maximum absolute atomic E-state index is 8.81. The summed E-state index contributed by atoms with van der Waals surface area (Å²) in [5.41, 5.74) is 0. The fourth-order valence-corrected chi connectivity index (χ4v) is 0.580. The Morgan fingerprint density at radius 3 is 1.15 bits per heavy atom. The molecule has 0 saturated heterocycles. The lowest BCUT2D eigenvalue weighted by Gasteiger charge is -1.94. The first-order valence-corrected chi connectivity index (χ1v) is 3.21. The molecule has 1 aromatic rings. The van der Waals surface area contributed by atoms with E-state index in [1.165, 1.54) is 0 Å². The number of benzene rings is 1. The Labute approximate surface area is 73.9 Å². The summed E-state index contributed by atoms with van der Waals surface area (Å²) in [4.78, 5) is 17.6. The summed E-state index contributed by atoms with van der Waals surface area (Å²) < 4.78 is 0. The van der Waals surface area contributed by atoms with Crippen LogP contribution < -0.4 is 0 Å². The van der Waals surface area contributed by atoms with Gasteiger partial charge in [0, 0.05) is 18.2 Å². The van der Waals surface area contributed by atoms with E-state index in [1.807, 2.05) is 0 Å². The van der Waals surface area contributed by atoms with Crippen LogP contribution in [-0.2, 0) is 9.59 Å². The second-order valence-corrected chi connectivity index (χ2v) is 1.98. The molecule has 0 unspecified atom stereocenters. The monoisotopic (exact) mass is 184 g/mol. The molecule has 70 valence electrons. The molecule has 1 rings (SSSR count). The Bertz CT molecular complexity index is 238. The number of hydrogen-bond acceptors (Lipinski definition) is 5. The van der Waals surface area contributed by atoms with E-state index in [-0.39, 0.29) is 29.8 Å². The Morgan fingerprint density at radius 1 is 0.769 bits per heavy atom. The van der Waals surface area contributed by atoms with Crippen molar-refractivity contribution < 1.29 is 24.9 Å². The molecule has 0 aromatic heterocycles. The van der Waals surface area contributed by atoms with Gasteiger partial charge in [0.2, 0.25) is 0 Å². The second kappa shape index (κ2) is 5.59. The van der Waals surface area contributed by atoms with E-state index in [9.17, 15) is 0 Å². The van der Waals surface area contributed by atoms with Gasteiger partial charge in [-0.1, -0.05) is 0 Å². The van der Waals surface area contributed by atoms with Crippen molar-refractivity contribution in [1.82, 2.24) is 0 Å². The quantitative estimate of drug-likeness (QED) is 0.427. The Hall–Kier alpha value is -2.04. The van der Waals surface area contributed by atoms with E-state index >= 15 is 0 Å². The number of hydrogen-bond donors (Lipinski definition) is 3. The fourth-order valence-electron chi connectivity index (χ4n) is 0.580. The van der Waals surface area contributed by atoms with E-state index in [4.69, 9.17) is 24.9 Å². The summed E-state index contributed by atoms with van der Waals surface area (Å²) in [7, 11) is 0. The van der Waals surface area contributed by atoms with Crippen molar-refractivity contribution in [2.75, 3.05) is 0 Å². The molecule has 0 heterocycles. The predicted molar refractivity (Wildman–Crippen MR) is 43.6 cm³/mol. The van der Waals surface area contributed by atoms with Gasteiger partial charge in [0.1, 0.15) is 17.2 Å². The molecule has 0 fully saturated rings. The van der Waals surface area contributed by atoms with Crippen molar-refractivity contribution in [2.45, 2.75) is 0 Å². The highest BCUT2D eigenvalue weighted by atomic mass is 16.3. The van der Waals surface area contributed by atoms with Crippen molar-refractivity contribution in [3.8, 4) is 17.2 Å². The van der Waals surface area contributed by atoms with Crippen molar-refractivity contribution in [2.24, 2.45) is 0 Å². The van der Waals surface area contributed by atoms with Crippen LogP contribution in [0.5, 0.6) is 17.2 Å².